The molecule has 2 atom stereocenters. The number of carbonyl (C=O) groups is 3. The van der Waals surface area contributed by atoms with Crippen LogP contribution in [0.2, 0.25) is 0 Å². The van der Waals surface area contributed by atoms with Crippen LogP contribution in [0.1, 0.15) is 41.4 Å². The van der Waals surface area contributed by atoms with Crippen LogP contribution < -0.4 is 16.0 Å². The molecular weight excluding hydrogens is 519 g/mol. The number of benzene rings is 1. The van der Waals surface area contributed by atoms with Crippen molar-refractivity contribution in [3.8, 4) is 0 Å². The summed E-state index contributed by atoms with van der Waals surface area (Å²) in [6, 6.07) is -0.929. The van der Waals surface area contributed by atoms with Crippen molar-refractivity contribution in [2.45, 2.75) is 44.7 Å². The lowest BCUT2D eigenvalue weighted by atomic mass is 9.93. The molecule has 0 aliphatic rings. The van der Waals surface area contributed by atoms with Gasteiger partial charge in [-0.1, -0.05) is 0 Å². The normalized spacial score (nSPS) is 13.6. The summed E-state index contributed by atoms with van der Waals surface area (Å²) in [5, 5.41) is 18.1. The summed E-state index contributed by atoms with van der Waals surface area (Å²) in [7, 11) is 0. The third-order valence-corrected chi connectivity index (χ3v) is 5.13. The monoisotopic (exact) mass is 541 g/mol. The van der Waals surface area contributed by atoms with Crippen LogP contribution in [0.3, 0.4) is 0 Å². The van der Waals surface area contributed by atoms with E-state index in [0.717, 1.165) is 6.92 Å². The number of hydrogen-bond donors (Lipinski definition) is 4. The molecule has 0 bridgehead atoms. The Labute approximate surface area is 205 Å². The predicted octanol–water partition coefficient (Wildman–Crippen LogP) is 2.57. The van der Waals surface area contributed by atoms with Crippen molar-refractivity contribution in [1.82, 2.24) is 20.4 Å². The molecule has 0 saturated carbocycles. The number of anilines is 1. The number of aromatic nitrogens is 2. The number of hydrogen-bond acceptors (Lipinski definition) is 5. The van der Waals surface area contributed by atoms with Crippen molar-refractivity contribution in [3.63, 3.8) is 0 Å². The molecule has 2 aromatic rings. The molecule has 0 aliphatic heterocycles. The lowest BCUT2D eigenvalue weighted by Crippen LogP contribution is -2.49. The molecule has 37 heavy (non-hydrogen) atoms. The van der Waals surface area contributed by atoms with Crippen LogP contribution in [-0.2, 0) is 22.3 Å². The van der Waals surface area contributed by atoms with E-state index >= 15 is 0 Å². The molecule has 0 saturated heterocycles. The number of aliphatic hydroxyl groups excluding tert-OH is 1. The topological polar surface area (TPSA) is 125 Å². The SMILES string of the molecule is CCn1nccc1C(=O)NCC(=O)Nc1cc(C(F)(F)F)c(C(C)C(=O)NC(CO)C(F)(F)F)cc1F. The average molecular weight is 541 g/mol. The second-order valence-corrected chi connectivity index (χ2v) is 7.69. The quantitative estimate of drug-likeness (QED) is 0.364. The molecule has 3 amide bonds. The Morgan fingerprint density at radius 3 is 2.32 bits per heavy atom. The molecule has 0 fully saturated rings. The highest BCUT2D eigenvalue weighted by molar-refractivity contribution is 5.98. The Bertz CT molecular complexity index is 1150. The molecule has 0 aliphatic carbocycles. The van der Waals surface area contributed by atoms with Crippen LogP contribution in [0, 0.1) is 5.82 Å². The molecule has 0 radical (unpaired) electrons. The Kier molecular flexibility index (Phi) is 9.24. The van der Waals surface area contributed by atoms with Gasteiger partial charge in [0.15, 0.2) is 0 Å². The van der Waals surface area contributed by atoms with Gasteiger partial charge in [0.2, 0.25) is 11.8 Å². The van der Waals surface area contributed by atoms with Gasteiger partial charge in [-0.05, 0) is 37.6 Å². The van der Waals surface area contributed by atoms with Gasteiger partial charge in [-0.15, -0.1) is 0 Å². The van der Waals surface area contributed by atoms with Gasteiger partial charge >= 0.3 is 12.4 Å². The maximum absolute atomic E-state index is 14.6. The standard InChI is InChI=1S/C21H22F7N5O4/c1-3-33-15(4-5-30-33)19(37)29-8-17(35)31-14-7-12(20(23,24)25)11(6-13(14)22)10(2)18(36)32-16(9-34)21(26,27)28/h4-7,10,16,34H,3,8-9H2,1-2H3,(H,29,37)(H,31,35)(H,32,36). The fraction of sp³-hybridized carbons (Fsp3) is 0.429. The smallest absolute Gasteiger partial charge is 0.394 e. The summed E-state index contributed by atoms with van der Waals surface area (Å²) < 4.78 is 95.3. The molecule has 16 heteroatoms. The minimum atomic E-state index is -5.19. The first-order chi connectivity index (χ1) is 17.1. The van der Waals surface area contributed by atoms with Crippen LogP contribution in [0.25, 0.3) is 0 Å². The van der Waals surface area contributed by atoms with Crippen molar-refractivity contribution in [1.29, 1.82) is 0 Å². The zero-order valence-electron chi connectivity index (χ0n) is 19.3. The van der Waals surface area contributed by atoms with E-state index in [0.29, 0.717) is 6.54 Å². The summed E-state index contributed by atoms with van der Waals surface area (Å²) in [4.78, 5) is 36.5. The number of rotatable bonds is 9. The van der Waals surface area contributed by atoms with Crippen LogP contribution in [0.4, 0.5) is 36.4 Å². The van der Waals surface area contributed by atoms with Crippen LogP contribution in [-0.4, -0.2) is 58.0 Å². The fourth-order valence-corrected chi connectivity index (χ4v) is 3.18. The highest BCUT2D eigenvalue weighted by Gasteiger charge is 2.42. The second kappa shape index (κ2) is 11.6. The lowest BCUT2D eigenvalue weighted by molar-refractivity contribution is -0.169. The summed E-state index contributed by atoms with van der Waals surface area (Å²) in [5.74, 6) is -6.69. The molecule has 9 nitrogen and oxygen atoms in total. The molecule has 2 rings (SSSR count). The third-order valence-electron chi connectivity index (χ3n) is 5.13. The summed E-state index contributed by atoms with van der Waals surface area (Å²) in [6.45, 7) is 0.554. The van der Waals surface area contributed by atoms with E-state index in [1.165, 1.54) is 22.3 Å². The van der Waals surface area contributed by atoms with Gasteiger partial charge in [0.05, 0.1) is 30.3 Å². The first-order valence-electron chi connectivity index (χ1n) is 10.6. The van der Waals surface area contributed by atoms with Gasteiger partial charge < -0.3 is 21.1 Å². The zero-order valence-corrected chi connectivity index (χ0v) is 19.3. The number of nitrogens with one attached hydrogen (secondary N) is 3. The summed E-state index contributed by atoms with van der Waals surface area (Å²) >= 11 is 0. The van der Waals surface area contributed by atoms with Gasteiger partial charge in [0.1, 0.15) is 17.6 Å². The largest absolute Gasteiger partial charge is 0.416 e. The molecule has 0 spiro atoms. The number of aliphatic hydroxyl groups is 1. The molecule has 2 unspecified atom stereocenters. The predicted molar refractivity (Wildman–Crippen MR) is 114 cm³/mol. The summed E-state index contributed by atoms with van der Waals surface area (Å²) in [5.41, 5.74) is -3.42. The van der Waals surface area contributed by atoms with Gasteiger partial charge in [0.25, 0.3) is 5.91 Å². The maximum atomic E-state index is 14.6. The van der Waals surface area contributed by atoms with Crippen molar-refractivity contribution in [2.75, 3.05) is 18.5 Å². The highest BCUT2D eigenvalue weighted by atomic mass is 19.4. The van der Waals surface area contributed by atoms with E-state index in [2.05, 4.69) is 10.4 Å². The Hall–Kier alpha value is -3.69. The van der Waals surface area contributed by atoms with E-state index in [4.69, 9.17) is 5.11 Å². The van der Waals surface area contributed by atoms with E-state index < -0.39 is 77.8 Å². The van der Waals surface area contributed by atoms with E-state index in [9.17, 15) is 45.1 Å². The molecule has 204 valence electrons. The first kappa shape index (κ1) is 29.5. The van der Waals surface area contributed by atoms with Crippen molar-refractivity contribution in [3.05, 3.63) is 47.0 Å². The fourth-order valence-electron chi connectivity index (χ4n) is 3.18. The Morgan fingerprint density at radius 1 is 1.14 bits per heavy atom. The minimum absolute atomic E-state index is 0.103. The molecule has 1 heterocycles. The molecule has 4 N–H and O–H groups in total. The van der Waals surface area contributed by atoms with E-state index in [-0.39, 0.29) is 17.8 Å². The van der Waals surface area contributed by atoms with E-state index in [1.54, 1.807) is 6.92 Å². The molecular formula is C21H22F7N5O4. The van der Waals surface area contributed by atoms with Gasteiger partial charge in [0, 0.05) is 12.7 Å². The zero-order chi connectivity index (χ0) is 28.1. The van der Waals surface area contributed by atoms with Gasteiger partial charge in [-0.25, -0.2) is 4.39 Å². The van der Waals surface area contributed by atoms with E-state index in [1.807, 2.05) is 5.32 Å². The first-order valence-corrected chi connectivity index (χ1v) is 10.6. The Morgan fingerprint density at radius 2 is 1.78 bits per heavy atom. The lowest BCUT2D eigenvalue weighted by Gasteiger charge is -2.24. The van der Waals surface area contributed by atoms with Gasteiger partial charge in [-0.3, -0.25) is 19.1 Å². The second-order valence-electron chi connectivity index (χ2n) is 7.69. The number of amides is 3. The van der Waals surface area contributed by atoms with Gasteiger partial charge in [-0.2, -0.15) is 31.4 Å². The molecule has 1 aromatic carbocycles. The number of carbonyl (C=O) groups excluding carboxylic acids is 3. The van der Waals surface area contributed by atoms with Crippen molar-refractivity contribution < 1.29 is 50.2 Å². The van der Waals surface area contributed by atoms with Crippen LogP contribution >= 0.6 is 0 Å². The number of alkyl halides is 6. The van der Waals surface area contributed by atoms with Crippen LogP contribution in [0.15, 0.2) is 24.4 Å². The highest BCUT2D eigenvalue weighted by Crippen LogP contribution is 2.38. The minimum Gasteiger partial charge on any atom is -0.394 e. The Balaban J connectivity index is 2.23. The number of nitrogens with zero attached hydrogens (tertiary/aromatic N) is 2. The third kappa shape index (κ3) is 7.41. The van der Waals surface area contributed by atoms with Crippen LogP contribution in [0.5, 0.6) is 0 Å². The number of aryl methyl sites for hydroxylation is 1. The maximum Gasteiger partial charge on any atom is 0.416 e. The van der Waals surface area contributed by atoms with Crippen molar-refractivity contribution >= 4 is 23.4 Å². The number of halogens is 7. The molecule has 1 aromatic heterocycles. The summed E-state index contributed by atoms with van der Waals surface area (Å²) in [6.07, 6.45) is -8.94. The average Bonchev–Trinajstić information content (AvgIpc) is 3.29. The van der Waals surface area contributed by atoms with Crippen molar-refractivity contribution in [2.24, 2.45) is 0 Å².